The van der Waals surface area contributed by atoms with Crippen LogP contribution in [0.15, 0.2) is 47.5 Å². The molecule has 28 heavy (non-hydrogen) atoms. The van der Waals surface area contributed by atoms with Gasteiger partial charge in [0.1, 0.15) is 5.69 Å². The molecule has 11 heteroatoms. The maximum absolute atomic E-state index is 12.6. The first kappa shape index (κ1) is 19.7. The van der Waals surface area contributed by atoms with Crippen molar-refractivity contribution in [2.75, 3.05) is 18.4 Å². The molecule has 0 saturated carbocycles. The molecule has 0 radical (unpaired) electrons. The summed E-state index contributed by atoms with van der Waals surface area (Å²) in [4.78, 5) is 10.8. The Morgan fingerprint density at radius 3 is 2.61 bits per heavy atom. The van der Waals surface area contributed by atoms with Gasteiger partial charge in [-0.15, -0.1) is 10.2 Å². The lowest BCUT2D eigenvalue weighted by Crippen LogP contribution is -2.30. The molecule has 0 unspecified atom stereocenters. The number of nitrogens with zero attached hydrogens (tertiary/aromatic N) is 5. The molecule has 0 amide bonds. The quantitative estimate of drug-likeness (QED) is 0.451. The maximum Gasteiger partial charge on any atom is 0.293 e. The summed E-state index contributed by atoms with van der Waals surface area (Å²) in [7, 11) is -3.79. The highest BCUT2D eigenvalue weighted by Crippen LogP contribution is 2.29. The molecule has 0 aliphatic carbocycles. The van der Waals surface area contributed by atoms with Crippen LogP contribution in [-0.4, -0.2) is 45.3 Å². The largest absolute Gasteiger partial charge is 0.372 e. The van der Waals surface area contributed by atoms with Crippen molar-refractivity contribution in [2.24, 2.45) is 0 Å². The van der Waals surface area contributed by atoms with Gasteiger partial charge in [0, 0.05) is 25.4 Å². The van der Waals surface area contributed by atoms with E-state index in [0.29, 0.717) is 11.5 Å². The average molecular weight is 404 g/mol. The van der Waals surface area contributed by atoms with Crippen LogP contribution in [0.1, 0.15) is 19.7 Å². The lowest BCUT2D eigenvalue weighted by Gasteiger charge is -2.18. The van der Waals surface area contributed by atoms with Crippen LogP contribution in [0.25, 0.3) is 5.65 Å². The molecule has 3 aromatic rings. The van der Waals surface area contributed by atoms with E-state index in [9.17, 15) is 18.5 Å². The monoisotopic (exact) mass is 404 g/mol. The number of rotatable bonds is 8. The number of hydrogen-bond acceptors (Lipinski definition) is 7. The van der Waals surface area contributed by atoms with Crippen LogP contribution in [0, 0.1) is 10.1 Å². The molecule has 2 aromatic heterocycles. The van der Waals surface area contributed by atoms with Gasteiger partial charge in [-0.05, 0) is 24.3 Å². The van der Waals surface area contributed by atoms with Crippen molar-refractivity contribution in [3.8, 4) is 0 Å². The molecule has 3 rings (SSSR count). The molecule has 148 valence electrons. The Morgan fingerprint density at radius 1 is 1.18 bits per heavy atom. The van der Waals surface area contributed by atoms with Crippen molar-refractivity contribution in [3.63, 3.8) is 0 Å². The minimum absolute atomic E-state index is 0.110. The predicted molar refractivity (Wildman–Crippen MR) is 104 cm³/mol. The third-order valence-electron chi connectivity index (χ3n) is 4.33. The van der Waals surface area contributed by atoms with Crippen molar-refractivity contribution in [2.45, 2.75) is 25.3 Å². The van der Waals surface area contributed by atoms with Gasteiger partial charge in [-0.1, -0.05) is 19.9 Å². The van der Waals surface area contributed by atoms with Crippen LogP contribution >= 0.6 is 0 Å². The molecular weight excluding hydrogens is 384 g/mol. The summed E-state index contributed by atoms with van der Waals surface area (Å²) in [5.74, 6) is 0.574. The van der Waals surface area contributed by atoms with Crippen LogP contribution in [0.3, 0.4) is 0 Å². The summed E-state index contributed by atoms with van der Waals surface area (Å²) in [6, 6.07) is 9.31. The van der Waals surface area contributed by atoms with E-state index >= 15 is 0 Å². The second-order valence-corrected chi connectivity index (χ2v) is 7.86. The maximum atomic E-state index is 12.6. The molecule has 2 heterocycles. The van der Waals surface area contributed by atoms with Crippen molar-refractivity contribution < 1.29 is 13.3 Å². The van der Waals surface area contributed by atoms with Gasteiger partial charge in [0.15, 0.2) is 11.5 Å². The third-order valence-corrected chi connectivity index (χ3v) is 6.38. The van der Waals surface area contributed by atoms with E-state index in [1.165, 1.54) is 16.4 Å². The molecule has 1 N–H and O–H groups in total. The first-order valence-corrected chi connectivity index (χ1v) is 10.1. The topological polar surface area (TPSA) is 123 Å². The highest BCUT2D eigenvalue weighted by Gasteiger charge is 2.25. The third kappa shape index (κ3) is 3.66. The zero-order chi connectivity index (χ0) is 20.3. The molecule has 0 bridgehead atoms. The Labute approximate surface area is 162 Å². The van der Waals surface area contributed by atoms with Crippen molar-refractivity contribution in [3.05, 3.63) is 58.5 Å². The average Bonchev–Trinajstić information content (AvgIpc) is 3.10. The SMILES string of the molecule is CCN(CC)S(=O)(=O)c1ccc(NCc2nnc3ccccn23)c([N+](=O)[O-])c1. The first-order valence-electron chi connectivity index (χ1n) is 8.69. The Hall–Kier alpha value is -3.05. The number of hydrogen-bond donors (Lipinski definition) is 1. The molecule has 0 spiro atoms. The zero-order valence-electron chi connectivity index (χ0n) is 15.4. The normalized spacial score (nSPS) is 11.8. The van der Waals surface area contributed by atoms with Crippen LogP contribution in [0.2, 0.25) is 0 Å². The van der Waals surface area contributed by atoms with Crippen molar-refractivity contribution in [1.82, 2.24) is 18.9 Å². The second-order valence-electron chi connectivity index (χ2n) is 5.92. The fourth-order valence-electron chi connectivity index (χ4n) is 2.87. The lowest BCUT2D eigenvalue weighted by molar-refractivity contribution is -0.384. The van der Waals surface area contributed by atoms with E-state index in [0.717, 1.165) is 6.07 Å². The number of pyridine rings is 1. The number of fused-ring (bicyclic) bond motifs is 1. The van der Waals surface area contributed by atoms with Crippen LogP contribution < -0.4 is 5.32 Å². The molecule has 0 aliphatic heterocycles. The fourth-order valence-corrected chi connectivity index (χ4v) is 4.35. The summed E-state index contributed by atoms with van der Waals surface area (Å²) in [6.45, 7) is 4.19. The van der Waals surface area contributed by atoms with Gasteiger partial charge in [0.25, 0.3) is 5.69 Å². The molecule has 0 saturated heterocycles. The predicted octanol–water partition coefficient (Wildman–Crippen LogP) is 2.28. The standard InChI is InChI=1S/C17H20N6O4S/c1-3-21(4-2)28(26,27)13-8-9-14(15(11-13)23(24)25)18-12-17-20-19-16-7-5-6-10-22(16)17/h5-11,18H,3-4,12H2,1-2H3. The summed E-state index contributed by atoms with van der Waals surface area (Å²) < 4.78 is 28.3. The fraction of sp³-hybridized carbons (Fsp3) is 0.294. The zero-order valence-corrected chi connectivity index (χ0v) is 16.3. The number of aromatic nitrogens is 3. The number of nitrogens with one attached hydrogen (secondary N) is 1. The molecule has 10 nitrogen and oxygen atoms in total. The molecule has 0 fully saturated rings. The Morgan fingerprint density at radius 2 is 1.93 bits per heavy atom. The van der Waals surface area contributed by atoms with Gasteiger partial charge in [-0.25, -0.2) is 8.42 Å². The number of anilines is 1. The highest BCUT2D eigenvalue weighted by molar-refractivity contribution is 7.89. The Bertz CT molecular complexity index is 1110. The minimum Gasteiger partial charge on any atom is -0.372 e. The van der Waals surface area contributed by atoms with Crippen molar-refractivity contribution >= 4 is 27.0 Å². The van der Waals surface area contributed by atoms with E-state index in [-0.39, 0.29) is 35.9 Å². The van der Waals surface area contributed by atoms with Gasteiger partial charge >= 0.3 is 0 Å². The van der Waals surface area contributed by atoms with Gasteiger partial charge < -0.3 is 5.32 Å². The lowest BCUT2D eigenvalue weighted by atomic mass is 10.2. The second kappa shape index (κ2) is 7.90. The van der Waals surface area contributed by atoms with Gasteiger partial charge in [0.05, 0.1) is 16.4 Å². The molecule has 0 atom stereocenters. The Kier molecular flexibility index (Phi) is 5.56. The number of nitro groups is 1. The van der Waals surface area contributed by atoms with E-state index in [4.69, 9.17) is 0 Å². The van der Waals surface area contributed by atoms with Crippen LogP contribution in [-0.2, 0) is 16.6 Å². The summed E-state index contributed by atoms with van der Waals surface area (Å²) in [6.07, 6.45) is 1.79. The summed E-state index contributed by atoms with van der Waals surface area (Å²) in [5, 5.41) is 22.6. The number of nitro benzene ring substituents is 1. The summed E-state index contributed by atoms with van der Waals surface area (Å²) in [5.41, 5.74) is 0.549. The number of sulfonamides is 1. The molecule has 0 aliphatic rings. The summed E-state index contributed by atoms with van der Waals surface area (Å²) >= 11 is 0. The smallest absolute Gasteiger partial charge is 0.293 e. The van der Waals surface area contributed by atoms with Crippen molar-refractivity contribution in [1.29, 1.82) is 0 Å². The molecular formula is C17H20N6O4S. The van der Waals surface area contributed by atoms with Gasteiger partial charge in [-0.3, -0.25) is 14.5 Å². The van der Waals surface area contributed by atoms with Crippen LogP contribution in [0.5, 0.6) is 0 Å². The van der Waals surface area contributed by atoms with E-state index in [2.05, 4.69) is 15.5 Å². The minimum atomic E-state index is -3.79. The van der Waals surface area contributed by atoms with E-state index in [1.54, 1.807) is 30.5 Å². The highest BCUT2D eigenvalue weighted by atomic mass is 32.2. The number of benzene rings is 1. The van der Waals surface area contributed by atoms with E-state index < -0.39 is 14.9 Å². The first-order chi connectivity index (χ1) is 13.4. The van der Waals surface area contributed by atoms with Gasteiger partial charge in [0.2, 0.25) is 10.0 Å². The van der Waals surface area contributed by atoms with Gasteiger partial charge in [-0.2, -0.15) is 4.31 Å². The van der Waals surface area contributed by atoms with E-state index in [1.807, 2.05) is 12.1 Å². The molecule has 1 aromatic carbocycles. The van der Waals surface area contributed by atoms with Crippen LogP contribution in [0.4, 0.5) is 11.4 Å². The Balaban J connectivity index is 1.91.